The maximum absolute atomic E-state index is 13.1. The number of carbonyl (C=O) groups excluding carboxylic acids is 4. The van der Waals surface area contributed by atoms with Gasteiger partial charge in [-0.1, -0.05) is 18.2 Å². The molecule has 2 aliphatic rings. The van der Waals surface area contributed by atoms with Crippen LogP contribution in [0.1, 0.15) is 83.3 Å². The molecule has 44 heavy (non-hydrogen) atoms. The second-order valence-corrected chi connectivity index (χ2v) is 12.8. The summed E-state index contributed by atoms with van der Waals surface area (Å²) in [6, 6.07) is 4.11. The fourth-order valence-electron chi connectivity index (χ4n) is 5.73. The summed E-state index contributed by atoms with van der Waals surface area (Å²) >= 11 is 0. The van der Waals surface area contributed by atoms with Crippen molar-refractivity contribution in [1.29, 1.82) is 0 Å². The van der Waals surface area contributed by atoms with Gasteiger partial charge in [0.15, 0.2) is 0 Å². The van der Waals surface area contributed by atoms with Crippen molar-refractivity contribution >= 4 is 23.9 Å². The van der Waals surface area contributed by atoms with Crippen molar-refractivity contribution in [2.24, 2.45) is 11.8 Å². The van der Waals surface area contributed by atoms with E-state index in [0.29, 0.717) is 69.6 Å². The number of esters is 1. The molecule has 1 aromatic carbocycles. The molecule has 2 atom stereocenters. The molecule has 2 fully saturated rings. The Labute approximate surface area is 257 Å². The lowest BCUT2D eigenvalue weighted by molar-refractivity contribution is -0.146. The van der Waals surface area contributed by atoms with Crippen LogP contribution in [0.15, 0.2) is 24.3 Å². The van der Waals surface area contributed by atoms with Crippen molar-refractivity contribution in [3.05, 3.63) is 35.4 Å². The molecular formula is C32H46F3N3O6. The molecule has 0 bridgehead atoms. The van der Waals surface area contributed by atoms with Gasteiger partial charge < -0.3 is 24.6 Å². The first-order chi connectivity index (χ1) is 20.7. The van der Waals surface area contributed by atoms with Crippen molar-refractivity contribution in [1.82, 2.24) is 15.1 Å². The van der Waals surface area contributed by atoms with Crippen molar-refractivity contribution in [3.8, 4) is 0 Å². The van der Waals surface area contributed by atoms with Gasteiger partial charge in [-0.2, -0.15) is 13.2 Å². The van der Waals surface area contributed by atoms with E-state index >= 15 is 0 Å². The van der Waals surface area contributed by atoms with Crippen LogP contribution in [0.25, 0.3) is 0 Å². The van der Waals surface area contributed by atoms with Crippen LogP contribution in [0, 0.1) is 11.8 Å². The fourth-order valence-corrected chi connectivity index (χ4v) is 5.73. The van der Waals surface area contributed by atoms with Crippen LogP contribution in [0.3, 0.4) is 0 Å². The minimum Gasteiger partial charge on any atom is -0.467 e. The summed E-state index contributed by atoms with van der Waals surface area (Å²) < 4.78 is 49.4. The number of rotatable bonds is 10. The number of nitrogens with one attached hydrogen (secondary N) is 1. The Morgan fingerprint density at radius 2 is 1.73 bits per heavy atom. The van der Waals surface area contributed by atoms with Gasteiger partial charge in [0, 0.05) is 32.6 Å². The number of amides is 3. The molecule has 9 nitrogen and oxygen atoms in total. The van der Waals surface area contributed by atoms with Gasteiger partial charge in [0.25, 0.3) is 0 Å². The van der Waals surface area contributed by atoms with Crippen LogP contribution in [0.4, 0.5) is 18.0 Å². The molecule has 1 N–H and O–H groups in total. The molecule has 246 valence electrons. The number of ether oxygens (including phenoxy) is 2. The Balaban J connectivity index is 1.44. The SMILES string of the molecule is COC(=O)[C@H](CCCc1cccc(C(F)(F)F)c1)NC(=O)[C@@H]1CCCN(C(=O)CCC2CCN(C(=O)OC(C)(C)C)CC2)C1. The Morgan fingerprint density at radius 1 is 1.02 bits per heavy atom. The van der Waals surface area contributed by atoms with E-state index in [2.05, 4.69) is 5.32 Å². The van der Waals surface area contributed by atoms with E-state index in [1.165, 1.54) is 13.2 Å². The molecule has 3 amide bonds. The topological polar surface area (TPSA) is 105 Å². The summed E-state index contributed by atoms with van der Waals surface area (Å²) in [6.45, 7) is 7.54. The van der Waals surface area contributed by atoms with Crippen LogP contribution in [0.2, 0.25) is 0 Å². The number of hydrogen-bond acceptors (Lipinski definition) is 6. The van der Waals surface area contributed by atoms with E-state index in [1.807, 2.05) is 20.8 Å². The fraction of sp³-hybridized carbons (Fsp3) is 0.688. The van der Waals surface area contributed by atoms with Crippen molar-refractivity contribution in [3.63, 3.8) is 0 Å². The lowest BCUT2D eigenvalue weighted by atomic mass is 9.91. The third-order valence-corrected chi connectivity index (χ3v) is 8.19. The first-order valence-corrected chi connectivity index (χ1v) is 15.5. The standard InChI is InChI=1S/C32H46F3N3O6/c1-31(2,3)44-30(42)37-18-15-22(16-19-37)13-14-27(39)38-17-7-10-24(21-38)28(40)36-26(29(41)43-4)12-6-9-23-8-5-11-25(20-23)32(33,34)35/h5,8,11,20,22,24,26H,6-7,9-10,12-19,21H2,1-4H3,(H,36,40)/t24-,26+/m1/s1. The summed E-state index contributed by atoms with van der Waals surface area (Å²) in [4.78, 5) is 54.3. The number of piperidine rings is 2. The Morgan fingerprint density at radius 3 is 2.36 bits per heavy atom. The highest BCUT2D eigenvalue weighted by atomic mass is 19.4. The highest BCUT2D eigenvalue weighted by Crippen LogP contribution is 2.30. The second-order valence-electron chi connectivity index (χ2n) is 12.8. The normalized spacial score (nSPS) is 18.8. The smallest absolute Gasteiger partial charge is 0.416 e. The number of carbonyl (C=O) groups is 4. The van der Waals surface area contributed by atoms with E-state index in [4.69, 9.17) is 9.47 Å². The third kappa shape index (κ3) is 11.0. The Hall–Kier alpha value is -3.31. The molecule has 0 aliphatic carbocycles. The number of methoxy groups -OCH3 is 1. The summed E-state index contributed by atoms with van der Waals surface area (Å²) in [6.07, 6.45) is 0.0669. The molecule has 3 rings (SSSR count). The van der Waals surface area contributed by atoms with Crippen LogP contribution >= 0.6 is 0 Å². The third-order valence-electron chi connectivity index (χ3n) is 8.19. The maximum Gasteiger partial charge on any atom is 0.416 e. The molecule has 2 heterocycles. The minimum atomic E-state index is -4.44. The zero-order chi connectivity index (χ0) is 32.5. The number of nitrogens with zero attached hydrogens (tertiary/aromatic N) is 2. The molecule has 0 aromatic heterocycles. The predicted molar refractivity (Wildman–Crippen MR) is 157 cm³/mol. The lowest BCUT2D eigenvalue weighted by Gasteiger charge is -2.35. The summed E-state index contributed by atoms with van der Waals surface area (Å²) in [5, 5.41) is 2.76. The van der Waals surface area contributed by atoms with Crippen molar-refractivity contribution in [2.45, 2.75) is 96.4 Å². The van der Waals surface area contributed by atoms with Gasteiger partial charge in [0.05, 0.1) is 18.6 Å². The van der Waals surface area contributed by atoms with Gasteiger partial charge in [-0.25, -0.2) is 9.59 Å². The van der Waals surface area contributed by atoms with Gasteiger partial charge in [-0.3, -0.25) is 9.59 Å². The van der Waals surface area contributed by atoms with Gasteiger partial charge in [0.2, 0.25) is 11.8 Å². The highest BCUT2D eigenvalue weighted by Gasteiger charge is 2.33. The van der Waals surface area contributed by atoms with E-state index in [-0.39, 0.29) is 30.9 Å². The van der Waals surface area contributed by atoms with Gasteiger partial charge in [-0.05, 0) is 89.7 Å². The number of alkyl halides is 3. The second kappa shape index (κ2) is 15.6. The molecule has 0 saturated carbocycles. The van der Waals surface area contributed by atoms with Crippen LogP contribution in [-0.2, 0) is 36.5 Å². The van der Waals surface area contributed by atoms with E-state index < -0.39 is 35.3 Å². The first-order valence-electron chi connectivity index (χ1n) is 15.5. The molecule has 2 saturated heterocycles. The maximum atomic E-state index is 13.1. The van der Waals surface area contributed by atoms with Crippen LogP contribution in [0.5, 0.6) is 0 Å². The quantitative estimate of drug-likeness (QED) is 0.352. The lowest BCUT2D eigenvalue weighted by Crippen LogP contribution is -2.49. The summed E-state index contributed by atoms with van der Waals surface area (Å²) in [7, 11) is 1.22. The molecule has 2 aliphatic heterocycles. The zero-order valence-corrected chi connectivity index (χ0v) is 26.2. The number of likely N-dealkylation sites (tertiary alicyclic amines) is 2. The molecule has 1 aromatic rings. The zero-order valence-electron chi connectivity index (χ0n) is 26.2. The van der Waals surface area contributed by atoms with E-state index in [9.17, 15) is 32.3 Å². The summed E-state index contributed by atoms with van der Waals surface area (Å²) in [5.41, 5.74) is -0.781. The monoisotopic (exact) mass is 625 g/mol. The number of halogens is 3. The molecule has 0 radical (unpaired) electrons. The molecular weight excluding hydrogens is 579 g/mol. The Bertz CT molecular complexity index is 1140. The van der Waals surface area contributed by atoms with Crippen LogP contribution < -0.4 is 5.32 Å². The largest absolute Gasteiger partial charge is 0.467 e. The van der Waals surface area contributed by atoms with Gasteiger partial charge in [0.1, 0.15) is 11.6 Å². The molecule has 0 unspecified atom stereocenters. The average Bonchev–Trinajstić information content (AvgIpc) is 2.98. The van der Waals surface area contributed by atoms with Gasteiger partial charge in [-0.15, -0.1) is 0 Å². The first kappa shape index (κ1) is 35.2. The highest BCUT2D eigenvalue weighted by molar-refractivity contribution is 5.86. The van der Waals surface area contributed by atoms with Crippen molar-refractivity contribution in [2.75, 3.05) is 33.3 Å². The summed E-state index contributed by atoms with van der Waals surface area (Å²) in [5.74, 6) is -1.11. The van der Waals surface area contributed by atoms with E-state index in [1.54, 1.807) is 15.9 Å². The molecule has 0 spiro atoms. The van der Waals surface area contributed by atoms with E-state index in [0.717, 1.165) is 25.0 Å². The average molecular weight is 626 g/mol. The Kier molecular flexibility index (Phi) is 12.5. The number of benzene rings is 1. The minimum absolute atomic E-state index is 0.0114. The number of hydrogen-bond donors (Lipinski definition) is 1. The predicted octanol–water partition coefficient (Wildman–Crippen LogP) is 5.35. The number of aryl methyl sites for hydroxylation is 1. The van der Waals surface area contributed by atoms with Crippen LogP contribution in [-0.4, -0.2) is 78.6 Å². The van der Waals surface area contributed by atoms with Crippen molar-refractivity contribution < 1.29 is 41.8 Å². The van der Waals surface area contributed by atoms with Gasteiger partial charge >= 0.3 is 18.2 Å². The molecule has 12 heteroatoms.